The first kappa shape index (κ1) is 21.5. The number of hydrazone groups is 1. The second-order valence-corrected chi connectivity index (χ2v) is 7.41. The van der Waals surface area contributed by atoms with Gasteiger partial charge in [-0.15, -0.1) is 12.4 Å². The maximum absolute atomic E-state index is 14.8. The molecule has 5 rings (SSSR count). The van der Waals surface area contributed by atoms with Gasteiger partial charge in [-0.25, -0.2) is 14.8 Å². The van der Waals surface area contributed by atoms with Crippen molar-refractivity contribution in [3.63, 3.8) is 0 Å². The van der Waals surface area contributed by atoms with E-state index in [1.54, 1.807) is 29.2 Å². The number of aromatic nitrogens is 3. The van der Waals surface area contributed by atoms with Crippen LogP contribution in [0.25, 0.3) is 16.6 Å². The molecule has 1 aliphatic carbocycles. The Morgan fingerprint density at radius 2 is 2.00 bits per heavy atom. The Hall–Kier alpha value is -3.78. The molecule has 2 heterocycles. The van der Waals surface area contributed by atoms with Gasteiger partial charge in [-0.3, -0.25) is 9.59 Å². The van der Waals surface area contributed by atoms with E-state index in [4.69, 9.17) is 0 Å². The lowest BCUT2D eigenvalue weighted by Crippen LogP contribution is -2.27. The Balaban J connectivity index is 0.00000245. The molecule has 1 amide bonds. The van der Waals surface area contributed by atoms with Gasteiger partial charge in [0.25, 0.3) is 5.91 Å². The lowest BCUT2D eigenvalue weighted by atomic mass is 10.1. The molecule has 1 N–H and O–H groups in total. The molecule has 1 fully saturated rings. The summed E-state index contributed by atoms with van der Waals surface area (Å²) in [5, 5.41) is 4.10. The largest absolute Gasteiger partial charge is 0.343 e. The first-order valence-corrected chi connectivity index (χ1v) is 9.87. The molecule has 0 unspecified atom stereocenters. The fourth-order valence-corrected chi connectivity index (χ4v) is 3.54. The van der Waals surface area contributed by atoms with Crippen molar-refractivity contribution in [2.75, 3.05) is 0 Å². The lowest BCUT2D eigenvalue weighted by molar-refractivity contribution is 0.0953. The maximum Gasteiger partial charge on any atom is 0.276 e. The number of amides is 1. The highest BCUT2D eigenvalue weighted by molar-refractivity contribution is 5.98. The molecule has 0 radical (unpaired) electrons. The molecule has 0 atom stereocenters. The third-order valence-corrected chi connectivity index (χ3v) is 5.25. The van der Waals surface area contributed by atoms with E-state index in [0.29, 0.717) is 11.2 Å². The monoisotopic (exact) mass is 451 g/mol. The second kappa shape index (κ2) is 8.76. The first-order chi connectivity index (χ1) is 15.1. The van der Waals surface area contributed by atoms with Crippen molar-refractivity contribution >= 4 is 35.4 Å². The van der Waals surface area contributed by atoms with Gasteiger partial charge in [0.05, 0.1) is 23.7 Å². The third-order valence-electron chi connectivity index (χ3n) is 5.25. The number of nitrogens with zero attached hydrogens (tertiary/aromatic N) is 4. The SMILES string of the molecule is Cl.O=C(N/N=C\c1ccccc1)c1cn(C2CC2)c2cc(-n3ccnc3)c(F)cc2c1=O. The van der Waals surface area contributed by atoms with E-state index in [-0.39, 0.29) is 29.4 Å². The summed E-state index contributed by atoms with van der Waals surface area (Å²) >= 11 is 0. The molecular weight excluding hydrogens is 433 g/mol. The highest BCUT2D eigenvalue weighted by Gasteiger charge is 2.27. The van der Waals surface area contributed by atoms with Crippen molar-refractivity contribution in [3.8, 4) is 5.69 Å². The van der Waals surface area contributed by atoms with E-state index >= 15 is 0 Å². The van der Waals surface area contributed by atoms with Crippen LogP contribution >= 0.6 is 12.4 Å². The minimum Gasteiger partial charge on any atom is -0.343 e. The molecule has 7 nitrogen and oxygen atoms in total. The fraction of sp³-hybridized carbons (Fsp3) is 0.130. The van der Waals surface area contributed by atoms with Crippen molar-refractivity contribution in [1.82, 2.24) is 19.5 Å². The van der Waals surface area contributed by atoms with Gasteiger partial charge < -0.3 is 9.13 Å². The van der Waals surface area contributed by atoms with Crippen LogP contribution in [0, 0.1) is 5.82 Å². The summed E-state index contributed by atoms with van der Waals surface area (Å²) in [5.41, 5.74) is 3.49. The molecule has 9 heteroatoms. The minimum absolute atomic E-state index is 0. The number of carbonyl (C=O) groups excluding carboxylic acids is 1. The van der Waals surface area contributed by atoms with Gasteiger partial charge in [0.15, 0.2) is 0 Å². The minimum atomic E-state index is -0.632. The van der Waals surface area contributed by atoms with Gasteiger partial charge in [-0.2, -0.15) is 5.10 Å². The van der Waals surface area contributed by atoms with E-state index in [2.05, 4.69) is 15.5 Å². The Kier molecular flexibility index (Phi) is 5.87. The van der Waals surface area contributed by atoms with E-state index in [1.807, 2.05) is 34.9 Å². The van der Waals surface area contributed by atoms with Gasteiger partial charge in [-0.05, 0) is 30.5 Å². The normalized spacial score (nSPS) is 13.3. The van der Waals surface area contributed by atoms with Crippen LogP contribution in [0.15, 0.2) is 77.3 Å². The van der Waals surface area contributed by atoms with Gasteiger partial charge in [0, 0.05) is 30.0 Å². The molecule has 0 spiro atoms. The summed E-state index contributed by atoms with van der Waals surface area (Å²) in [6.07, 6.45) is 9.60. The summed E-state index contributed by atoms with van der Waals surface area (Å²) in [4.78, 5) is 29.7. The molecule has 0 aliphatic heterocycles. The first-order valence-electron chi connectivity index (χ1n) is 9.87. The zero-order chi connectivity index (χ0) is 21.4. The van der Waals surface area contributed by atoms with Crippen molar-refractivity contribution < 1.29 is 9.18 Å². The van der Waals surface area contributed by atoms with Crippen LogP contribution in [0.2, 0.25) is 0 Å². The number of hydrogen-bond acceptors (Lipinski definition) is 4. The third kappa shape index (κ3) is 4.04. The maximum atomic E-state index is 14.8. The number of halogens is 2. The van der Waals surface area contributed by atoms with Crippen LogP contribution in [0.1, 0.15) is 34.8 Å². The predicted octanol–water partition coefficient (Wildman–Crippen LogP) is 3.85. The van der Waals surface area contributed by atoms with Crippen LogP contribution < -0.4 is 10.9 Å². The highest BCUT2D eigenvalue weighted by Crippen LogP contribution is 2.37. The molecule has 2 aromatic heterocycles. The van der Waals surface area contributed by atoms with E-state index in [9.17, 15) is 14.0 Å². The van der Waals surface area contributed by atoms with Gasteiger partial charge in [0.2, 0.25) is 5.43 Å². The number of fused-ring (bicyclic) bond motifs is 1. The Bertz CT molecular complexity index is 1360. The number of benzene rings is 2. The predicted molar refractivity (Wildman–Crippen MR) is 122 cm³/mol. The standard InChI is InChI=1S/C23H18FN5O2.ClH/c24-19-10-17-20(11-21(19)28-9-8-25-14-28)29(16-6-7-16)13-18(22(17)30)23(31)27-26-12-15-4-2-1-3-5-15;/h1-5,8-14,16H,6-7H2,(H,27,31);1H/b26-12-;. The summed E-state index contributed by atoms with van der Waals surface area (Å²) in [5.74, 6) is -1.20. The molecule has 0 bridgehead atoms. The van der Waals surface area contributed by atoms with E-state index in [0.717, 1.165) is 18.4 Å². The molecule has 1 aliphatic rings. The topological polar surface area (TPSA) is 81.3 Å². The molecule has 0 saturated heterocycles. The van der Waals surface area contributed by atoms with Crippen LogP contribution in [-0.4, -0.2) is 26.2 Å². The number of nitrogens with one attached hydrogen (secondary N) is 1. The second-order valence-electron chi connectivity index (χ2n) is 7.41. The van der Waals surface area contributed by atoms with Crippen LogP contribution in [-0.2, 0) is 0 Å². The number of imidazole rings is 1. The summed E-state index contributed by atoms with van der Waals surface area (Å²) in [6.45, 7) is 0. The fourth-order valence-electron chi connectivity index (χ4n) is 3.54. The smallest absolute Gasteiger partial charge is 0.276 e. The van der Waals surface area contributed by atoms with Crippen LogP contribution in [0.5, 0.6) is 0 Å². The van der Waals surface area contributed by atoms with Crippen LogP contribution in [0.3, 0.4) is 0 Å². The summed E-state index contributed by atoms with van der Waals surface area (Å²) < 4.78 is 18.2. The Morgan fingerprint density at radius 1 is 1.22 bits per heavy atom. The Morgan fingerprint density at radius 3 is 2.69 bits per heavy atom. The number of hydrogen-bond donors (Lipinski definition) is 1. The van der Waals surface area contributed by atoms with Crippen LogP contribution in [0.4, 0.5) is 4.39 Å². The molecule has 2 aromatic carbocycles. The molecule has 4 aromatic rings. The van der Waals surface area contributed by atoms with E-state index < -0.39 is 17.2 Å². The molecule has 32 heavy (non-hydrogen) atoms. The Labute approximate surface area is 188 Å². The number of rotatable bonds is 5. The number of pyridine rings is 1. The average molecular weight is 452 g/mol. The molecular formula is C23H19ClFN5O2. The zero-order valence-corrected chi connectivity index (χ0v) is 17.6. The molecule has 162 valence electrons. The highest BCUT2D eigenvalue weighted by atomic mass is 35.5. The lowest BCUT2D eigenvalue weighted by Gasteiger charge is -2.14. The van der Waals surface area contributed by atoms with Gasteiger partial charge >= 0.3 is 0 Å². The van der Waals surface area contributed by atoms with E-state index in [1.165, 1.54) is 18.6 Å². The summed E-state index contributed by atoms with van der Waals surface area (Å²) in [7, 11) is 0. The van der Waals surface area contributed by atoms with Crippen molar-refractivity contribution in [2.24, 2.45) is 5.10 Å². The van der Waals surface area contributed by atoms with Gasteiger partial charge in [0.1, 0.15) is 11.4 Å². The van der Waals surface area contributed by atoms with Crippen molar-refractivity contribution in [2.45, 2.75) is 18.9 Å². The number of carbonyl (C=O) groups is 1. The quantitative estimate of drug-likeness (QED) is 0.369. The summed E-state index contributed by atoms with van der Waals surface area (Å²) in [6, 6.07) is 12.3. The molecule has 1 saturated carbocycles. The van der Waals surface area contributed by atoms with Crippen molar-refractivity contribution in [3.05, 3.63) is 94.5 Å². The average Bonchev–Trinajstić information content (AvgIpc) is 3.48. The zero-order valence-electron chi connectivity index (χ0n) is 16.8. The van der Waals surface area contributed by atoms with Gasteiger partial charge in [-0.1, -0.05) is 30.3 Å². The van der Waals surface area contributed by atoms with Crippen molar-refractivity contribution in [1.29, 1.82) is 0 Å².